The molecule has 0 aromatic carbocycles. The normalized spacial score (nSPS) is 13.1. The van der Waals surface area contributed by atoms with Crippen LogP contribution in [-0.4, -0.2) is 44.1 Å². The third-order valence-electron chi connectivity index (χ3n) is 2.37. The summed E-state index contributed by atoms with van der Waals surface area (Å²) in [4.78, 5) is 2.27. The molecule has 3 N–H and O–H groups in total. The second-order valence-corrected chi connectivity index (χ2v) is 3.77. The molecule has 0 rings (SSSR count). The summed E-state index contributed by atoms with van der Waals surface area (Å²) < 4.78 is 5.07. The molecule has 4 heteroatoms. The van der Waals surface area contributed by atoms with Crippen molar-refractivity contribution in [1.82, 2.24) is 4.90 Å². The maximum Gasteiger partial charge on any atom is 0.0905 e. The van der Waals surface area contributed by atoms with E-state index >= 15 is 0 Å². The van der Waals surface area contributed by atoms with Gasteiger partial charge < -0.3 is 15.4 Å². The zero-order valence-corrected chi connectivity index (χ0v) is 9.55. The lowest BCUT2D eigenvalue weighted by Crippen LogP contribution is -2.33. The second-order valence-electron chi connectivity index (χ2n) is 3.77. The molecule has 0 saturated heterocycles. The smallest absolute Gasteiger partial charge is 0.0905 e. The van der Waals surface area contributed by atoms with E-state index in [1.165, 1.54) is 0 Å². The number of nitrogens with two attached hydrogens (primary N) is 1. The third kappa shape index (κ3) is 6.86. The van der Waals surface area contributed by atoms with Crippen LogP contribution in [0.4, 0.5) is 0 Å². The molecule has 1 atom stereocenters. The van der Waals surface area contributed by atoms with Gasteiger partial charge in [-0.2, -0.15) is 0 Å². The van der Waals surface area contributed by atoms with Gasteiger partial charge in [0.25, 0.3) is 0 Å². The quantitative estimate of drug-likeness (QED) is 0.351. The van der Waals surface area contributed by atoms with Crippen LogP contribution < -0.4 is 5.73 Å². The lowest BCUT2D eigenvalue weighted by atomic mass is 10.2. The first-order chi connectivity index (χ1) is 6.57. The molecular weight excluding hydrogens is 178 g/mol. The molecule has 0 radical (unpaired) electrons. The van der Waals surface area contributed by atoms with E-state index in [1.54, 1.807) is 7.11 Å². The molecule has 0 spiro atoms. The van der Waals surface area contributed by atoms with Crippen molar-refractivity contribution in [3.05, 3.63) is 0 Å². The van der Waals surface area contributed by atoms with Gasteiger partial charge in [0, 0.05) is 19.6 Å². The molecule has 0 aromatic rings. The molecule has 0 bridgehead atoms. The Kier molecular flexibility index (Phi) is 7.42. The largest absolute Gasteiger partial charge is 0.388 e. The lowest BCUT2D eigenvalue weighted by Gasteiger charge is -2.23. The van der Waals surface area contributed by atoms with Crippen LogP contribution in [0.3, 0.4) is 0 Å². The number of nitrogens with zero attached hydrogens (tertiary/aromatic N) is 1. The summed E-state index contributed by atoms with van der Waals surface area (Å²) in [6.07, 6.45) is 2.80. The second kappa shape index (κ2) is 7.76. The molecule has 84 valence electrons. The summed E-state index contributed by atoms with van der Waals surface area (Å²) in [6.45, 7) is 3.95. The number of nitrogens with one attached hydrogen (secondary N) is 1. The Bertz CT molecular complexity index is 161. The average molecular weight is 201 g/mol. The van der Waals surface area contributed by atoms with Crippen LogP contribution in [0, 0.1) is 5.41 Å². The van der Waals surface area contributed by atoms with Crippen LogP contribution in [0.2, 0.25) is 0 Å². The van der Waals surface area contributed by atoms with Gasteiger partial charge in [-0.05, 0) is 33.4 Å². The van der Waals surface area contributed by atoms with Gasteiger partial charge in [-0.3, -0.25) is 5.41 Å². The van der Waals surface area contributed by atoms with Crippen LogP contribution in [0.1, 0.15) is 26.2 Å². The number of methoxy groups -OCH3 is 1. The van der Waals surface area contributed by atoms with Crippen molar-refractivity contribution in [2.45, 2.75) is 32.2 Å². The summed E-state index contributed by atoms with van der Waals surface area (Å²) in [5.74, 6) is 0.289. The Labute approximate surface area is 86.9 Å². The first-order valence-corrected chi connectivity index (χ1v) is 5.10. The van der Waals surface area contributed by atoms with Crippen LogP contribution >= 0.6 is 0 Å². The number of amidine groups is 1. The molecule has 0 aliphatic heterocycles. The topological polar surface area (TPSA) is 62.3 Å². The first-order valence-electron chi connectivity index (χ1n) is 5.10. The van der Waals surface area contributed by atoms with Gasteiger partial charge in [-0.1, -0.05) is 0 Å². The molecule has 4 nitrogen and oxygen atoms in total. The van der Waals surface area contributed by atoms with Crippen molar-refractivity contribution >= 4 is 5.84 Å². The zero-order valence-electron chi connectivity index (χ0n) is 9.55. The fraction of sp³-hybridized carbons (Fsp3) is 0.900. The number of ether oxygens (including phenoxy) is 1. The van der Waals surface area contributed by atoms with E-state index in [1.807, 2.05) is 0 Å². The van der Waals surface area contributed by atoms with E-state index in [0.717, 1.165) is 26.0 Å². The van der Waals surface area contributed by atoms with Gasteiger partial charge >= 0.3 is 0 Å². The highest BCUT2D eigenvalue weighted by Gasteiger charge is 2.07. The maximum atomic E-state index is 7.07. The van der Waals surface area contributed by atoms with E-state index in [2.05, 4.69) is 18.9 Å². The van der Waals surface area contributed by atoms with Crippen LogP contribution in [0.15, 0.2) is 0 Å². The van der Waals surface area contributed by atoms with Crippen molar-refractivity contribution in [3.63, 3.8) is 0 Å². The number of likely N-dealkylation sites (N-methyl/N-ethyl adjacent to an activating group) is 1. The van der Waals surface area contributed by atoms with Crippen LogP contribution in [0.5, 0.6) is 0 Å². The van der Waals surface area contributed by atoms with E-state index in [9.17, 15) is 0 Å². The monoisotopic (exact) mass is 201 g/mol. The van der Waals surface area contributed by atoms with E-state index in [-0.39, 0.29) is 5.84 Å². The first kappa shape index (κ1) is 13.4. The molecule has 1 unspecified atom stereocenters. The highest BCUT2D eigenvalue weighted by Crippen LogP contribution is 2.01. The summed E-state index contributed by atoms with van der Waals surface area (Å²) >= 11 is 0. The number of rotatable bonds is 8. The fourth-order valence-corrected chi connectivity index (χ4v) is 1.27. The lowest BCUT2D eigenvalue weighted by molar-refractivity contribution is 0.114. The zero-order chi connectivity index (χ0) is 11.0. The minimum Gasteiger partial charge on any atom is -0.388 e. The molecule has 0 aromatic heterocycles. The third-order valence-corrected chi connectivity index (χ3v) is 2.37. The van der Waals surface area contributed by atoms with Crippen molar-refractivity contribution < 1.29 is 4.74 Å². The summed E-state index contributed by atoms with van der Waals surface area (Å²) in [7, 11) is 3.82. The Morgan fingerprint density at radius 3 is 2.64 bits per heavy atom. The number of hydrogen-bond acceptors (Lipinski definition) is 3. The molecule has 0 aliphatic carbocycles. The maximum absolute atomic E-state index is 7.07. The highest BCUT2D eigenvalue weighted by atomic mass is 16.5. The molecule has 0 fully saturated rings. The molecule has 0 saturated carbocycles. The highest BCUT2D eigenvalue weighted by molar-refractivity contribution is 5.76. The molecule has 0 amide bonds. The molecule has 0 heterocycles. The Hall–Kier alpha value is -0.610. The average Bonchev–Trinajstić information content (AvgIpc) is 2.12. The predicted molar refractivity (Wildman–Crippen MR) is 59.7 cm³/mol. The van der Waals surface area contributed by atoms with Crippen molar-refractivity contribution in [2.75, 3.05) is 27.3 Å². The van der Waals surface area contributed by atoms with Gasteiger partial charge in [-0.15, -0.1) is 0 Å². The SMILES string of the molecule is COCC(C)N(C)CCCCC(=N)N. The number of unbranched alkanes of at least 4 members (excludes halogenated alkanes) is 1. The summed E-state index contributed by atoms with van der Waals surface area (Å²) in [5, 5.41) is 7.07. The van der Waals surface area contributed by atoms with Gasteiger partial charge in [0.2, 0.25) is 0 Å². The van der Waals surface area contributed by atoms with E-state index in [4.69, 9.17) is 15.9 Å². The van der Waals surface area contributed by atoms with Gasteiger partial charge in [0.15, 0.2) is 0 Å². The molecular formula is C10H23N3O. The predicted octanol–water partition coefficient (Wildman–Crippen LogP) is 1.06. The standard InChI is InChI=1S/C10H23N3O/c1-9(8-14-3)13(2)7-5-4-6-10(11)12/h9H,4-8H2,1-3H3,(H3,11,12). The molecule has 0 aliphatic rings. The minimum atomic E-state index is 0.289. The Balaban J connectivity index is 3.43. The number of hydrogen-bond donors (Lipinski definition) is 2. The van der Waals surface area contributed by atoms with Gasteiger partial charge in [0.05, 0.1) is 12.4 Å². The van der Waals surface area contributed by atoms with Crippen LogP contribution in [-0.2, 0) is 4.74 Å². The fourth-order valence-electron chi connectivity index (χ4n) is 1.27. The van der Waals surface area contributed by atoms with E-state index in [0.29, 0.717) is 12.5 Å². The summed E-state index contributed by atoms with van der Waals surface area (Å²) in [6, 6.07) is 0.456. The van der Waals surface area contributed by atoms with Crippen LogP contribution in [0.25, 0.3) is 0 Å². The van der Waals surface area contributed by atoms with Gasteiger partial charge in [0.1, 0.15) is 0 Å². The summed E-state index contributed by atoms with van der Waals surface area (Å²) in [5.41, 5.74) is 5.27. The van der Waals surface area contributed by atoms with Gasteiger partial charge in [-0.25, -0.2) is 0 Å². The Morgan fingerprint density at radius 1 is 1.50 bits per heavy atom. The minimum absolute atomic E-state index is 0.289. The molecule has 14 heavy (non-hydrogen) atoms. The van der Waals surface area contributed by atoms with Crippen molar-refractivity contribution in [1.29, 1.82) is 5.41 Å². The Morgan fingerprint density at radius 2 is 2.14 bits per heavy atom. The van der Waals surface area contributed by atoms with E-state index < -0.39 is 0 Å². The van der Waals surface area contributed by atoms with Crippen molar-refractivity contribution in [2.24, 2.45) is 5.73 Å². The van der Waals surface area contributed by atoms with Crippen molar-refractivity contribution in [3.8, 4) is 0 Å².